The zero-order valence-corrected chi connectivity index (χ0v) is 65.6. The third-order valence-corrected chi connectivity index (χ3v) is 25.2. The SMILES string of the molecule is Ic1ccc2c(c1)c1ccccc1n2-c1ccccc1.c1ccc(-n2c3ccccc3c3cc(-n4c5ccccc5c5cc(-n6c7ccccc7c7ccccc76)cc(-n6c7ccccc7c7ccccc76)c54)ccc32)cc1.c1ccc2c(c1)Cc1c-2cc(-n2c3ccccc3c3ccccc32)cc1-n1c2ccccc2c2ccccc21. The largest absolute Gasteiger partial charge is 0.309 e. The molecule has 1 aliphatic carbocycles. The molecule has 0 N–H and O–H groups in total. The molecular formula is C109H70IN7. The normalized spacial score (nSPS) is 12.1. The predicted octanol–water partition coefficient (Wildman–Crippen LogP) is 28.9. The summed E-state index contributed by atoms with van der Waals surface area (Å²) in [6.07, 6.45) is 0.940. The number of para-hydroxylation sites is 13. The highest BCUT2D eigenvalue weighted by molar-refractivity contribution is 14.1. The molecule has 7 nitrogen and oxygen atoms in total. The number of benzene rings is 18. The molecule has 0 radical (unpaired) electrons. The van der Waals surface area contributed by atoms with Gasteiger partial charge in [0.1, 0.15) is 0 Å². The zero-order chi connectivity index (χ0) is 76.9. The lowest BCUT2D eigenvalue weighted by atomic mass is 10.0. The summed E-state index contributed by atoms with van der Waals surface area (Å²) < 4.78 is 18.4. The predicted molar refractivity (Wildman–Crippen MR) is 501 cm³/mol. The van der Waals surface area contributed by atoms with Crippen LogP contribution < -0.4 is 0 Å². The summed E-state index contributed by atoms with van der Waals surface area (Å²) in [6, 6.07) is 150. The smallest absolute Gasteiger partial charge is 0.0784 e. The molecule has 117 heavy (non-hydrogen) atoms. The average molecular weight is 1600 g/mol. The highest BCUT2D eigenvalue weighted by atomic mass is 127. The topological polar surface area (TPSA) is 34.5 Å². The van der Waals surface area contributed by atoms with Crippen LogP contribution in [0, 0.1) is 3.57 Å². The summed E-state index contributed by atoms with van der Waals surface area (Å²) in [5.41, 5.74) is 30.7. The number of fused-ring (bicyclic) bond motifs is 24. The molecule has 0 atom stereocenters. The van der Waals surface area contributed by atoms with Gasteiger partial charge in [-0.15, -0.1) is 0 Å². The van der Waals surface area contributed by atoms with Gasteiger partial charge in [0.15, 0.2) is 0 Å². The first-order valence-corrected chi connectivity index (χ1v) is 41.2. The van der Waals surface area contributed by atoms with Gasteiger partial charge in [-0.05, 0) is 197 Å². The quantitative estimate of drug-likeness (QED) is 0.143. The number of hydrogen-bond donors (Lipinski definition) is 0. The summed E-state index contributed by atoms with van der Waals surface area (Å²) in [6.45, 7) is 0. The second kappa shape index (κ2) is 26.7. The standard InChI is InChI=1S/C54H34N4.C37H24N2.C18H12IN/c1-2-16-35(17-3-1)55-48-26-12-8-22-42(48)44-32-36(30-31-52(44)55)57-49-27-13-9-23-43(49)45-33-37(56-46-24-10-4-18-38(46)39-19-5-11-25-47(39)56)34-53(54(45)57)58-50-28-14-6-20-40(50)41-21-7-15-29-51(41)58;1-2-12-26-24(11-1)21-32-31(26)22-25(38-33-17-7-3-13-27(33)28-14-4-8-18-34(28)38)23-37(32)39-35-19-9-5-15-29(35)30-16-6-10-20-36(30)39;19-13-10-11-18-16(12-13)15-8-4-5-9-17(15)20(18)14-6-2-1-3-7-14/h1-34H;1-20,22-23H,21H2;1-12H. The summed E-state index contributed by atoms with van der Waals surface area (Å²) >= 11 is 2.38. The number of aromatic nitrogens is 7. The Morgan fingerprint density at radius 1 is 0.171 bits per heavy atom. The Kier molecular flexibility index (Phi) is 15.3. The summed E-state index contributed by atoms with van der Waals surface area (Å²) in [5, 5.41) is 17.7. The van der Waals surface area contributed by atoms with Crippen LogP contribution in [-0.2, 0) is 6.42 Å². The van der Waals surface area contributed by atoms with E-state index in [2.05, 4.69) is 467 Å². The van der Waals surface area contributed by atoms with Crippen LogP contribution in [0.1, 0.15) is 11.1 Å². The van der Waals surface area contributed by atoms with Crippen LogP contribution >= 0.6 is 22.6 Å². The zero-order valence-electron chi connectivity index (χ0n) is 63.5. The molecule has 0 saturated carbocycles. The molecule has 25 aromatic rings. The number of nitrogens with zero attached hydrogens (tertiary/aromatic N) is 7. The van der Waals surface area contributed by atoms with Crippen molar-refractivity contribution >= 4 is 175 Å². The molecule has 548 valence electrons. The fourth-order valence-corrected chi connectivity index (χ4v) is 20.2. The molecule has 0 amide bonds. The third-order valence-electron chi connectivity index (χ3n) is 24.5. The van der Waals surface area contributed by atoms with Crippen molar-refractivity contribution in [2.45, 2.75) is 6.42 Å². The third kappa shape index (κ3) is 10.3. The molecule has 7 aromatic heterocycles. The van der Waals surface area contributed by atoms with E-state index < -0.39 is 0 Å². The van der Waals surface area contributed by atoms with Crippen molar-refractivity contribution < 1.29 is 0 Å². The van der Waals surface area contributed by atoms with Crippen LogP contribution in [0.2, 0.25) is 0 Å². The van der Waals surface area contributed by atoms with Gasteiger partial charge < -0.3 is 32.0 Å². The maximum atomic E-state index is 2.51. The molecular weight excluding hydrogens is 1530 g/mol. The van der Waals surface area contributed by atoms with Crippen LogP contribution in [0.5, 0.6) is 0 Å². The second-order valence-electron chi connectivity index (χ2n) is 30.8. The minimum absolute atomic E-state index is 0.940. The van der Waals surface area contributed by atoms with Gasteiger partial charge in [-0.2, -0.15) is 0 Å². The van der Waals surface area contributed by atoms with Crippen molar-refractivity contribution in [1.82, 2.24) is 32.0 Å². The van der Waals surface area contributed by atoms with Gasteiger partial charge >= 0.3 is 0 Å². The van der Waals surface area contributed by atoms with E-state index in [0.29, 0.717) is 0 Å². The Labute approximate surface area is 686 Å². The van der Waals surface area contributed by atoms with Crippen molar-refractivity contribution in [3.8, 4) is 50.9 Å². The molecule has 0 spiro atoms. The van der Waals surface area contributed by atoms with Gasteiger partial charge in [0.05, 0.1) is 88.6 Å². The van der Waals surface area contributed by atoms with E-state index in [0.717, 1.165) is 29.2 Å². The average Bonchev–Trinajstić information content (AvgIpc) is 1.55. The van der Waals surface area contributed by atoms with Crippen LogP contribution in [-0.4, -0.2) is 32.0 Å². The van der Waals surface area contributed by atoms with Gasteiger partial charge in [0.2, 0.25) is 0 Å². The summed E-state index contributed by atoms with van der Waals surface area (Å²) in [7, 11) is 0. The number of halogens is 1. The Hall–Kier alpha value is -14.7. The van der Waals surface area contributed by atoms with E-state index in [9.17, 15) is 0 Å². The molecule has 0 bridgehead atoms. The molecule has 18 aromatic carbocycles. The first-order valence-electron chi connectivity index (χ1n) is 40.1. The maximum absolute atomic E-state index is 2.51. The fraction of sp³-hybridized carbons (Fsp3) is 0.00917. The molecule has 0 unspecified atom stereocenters. The van der Waals surface area contributed by atoms with Crippen LogP contribution in [0.25, 0.3) is 204 Å². The molecule has 8 heteroatoms. The van der Waals surface area contributed by atoms with Gasteiger partial charge in [-0.1, -0.05) is 261 Å². The van der Waals surface area contributed by atoms with Crippen molar-refractivity contribution in [3.05, 3.63) is 427 Å². The van der Waals surface area contributed by atoms with Crippen LogP contribution in [0.3, 0.4) is 0 Å². The van der Waals surface area contributed by atoms with Crippen molar-refractivity contribution in [2.75, 3.05) is 0 Å². The van der Waals surface area contributed by atoms with Gasteiger partial charge in [0, 0.05) is 114 Å². The minimum Gasteiger partial charge on any atom is -0.309 e. The lowest BCUT2D eigenvalue weighted by Gasteiger charge is -2.17. The van der Waals surface area contributed by atoms with E-state index in [1.54, 1.807) is 0 Å². The fourth-order valence-electron chi connectivity index (χ4n) is 19.7. The van der Waals surface area contributed by atoms with Crippen LogP contribution in [0.4, 0.5) is 0 Å². The first-order chi connectivity index (χ1) is 58.0. The Bertz CT molecular complexity index is 8170. The monoisotopic (exact) mass is 1600 g/mol. The molecule has 1 aliphatic rings. The number of hydrogen-bond acceptors (Lipinski definition) is 0. The lowest BCUT2D eigenvalue weighted by molar-refractivity contribution is 1.10. The van der Waals surface area contributed by atoms with Crippen molar-refractivity contribution in [1.29, 1.82) is 0 Å². The summed E-state index contributed by atoms with van der Waals surface area (Å²) in [5.74, 6) is 0. The van der Waals surface area contributed by atoms with Gasteiger partial charge in [-0.25, -0.2) is 0 Å². The molecule has 0 saturated heterocycles. The van der Waals surface area contributed by atoms with E-state index in [1.807, 2.05) is 0 Å². The lowest BCUT2D eigenvalue weighted by Crippen LogP contribution is -2.03. The number of rotatable bonds is 7. The minimum atomic E-state index is 0.940. The van der Waals surface area contributed by atoms with E-state index in [4.69, 9.17) is 0 Å². The highest BCUT2D eigenvalue weighted by Gasteiger charge is 2.29. The second-order valence-corrected chi connectivity index (χ2v) is 32.0. The molecule has 26 rings (SSSR count). The van der Waals surface area contributed by atoms with E-state index in [-0.39, 0.29) is 0 Å². The maximum Gasteiger partial charge on any atom is 0.0784 e. The van der Waals surface area contributed by atoms with E-state index in [1.165, 1.54) is 196 Å². The van der Waals surface area contributed by atoms with Gasteiger partial charge in [-0.3, -0.25) is 0 Å². The summed E-state index contributed by atoms with van der Waals surface area (Å²) in [4.78, 5) is 0. The highest BCUT2D eigenvalue weighted by Crippen LogP contribution is 2.48. The Morgan fingerprint density at radius 3 is 0.872 bits per heavy atom. The molecule has 7 heterocycles. The Balaban J connectivity index is 0.000000113. The molecule has 0 fully saturated rings. The van der Waals surface area contributed by atoms with Crippen molar-refractivity contribution in [2.24, 2.45) is 0 Å². The Morgan fingerprint density at radius 2 is 0.453 bits per heavy atom. The first kappa shape index (κ1) is 66.9. The van der Waals surface area contributed by atoms with E-state index >= 15 is 0 Å². The van der Waals surface area contributed by atoms with Crippen LogP contribution in [0.15, 0.2) is 413 Å². The molecule has 0 aliphatic heterocycles. The van der Waals surface area contributed by atoms with Crippen molar-refractivity contribution in [3.63, 3.8) is 0 Å². The van der Waals surface area contributed by atoms with Gasteiger partial charge in [0.25, 0.3) is 0 Å².